The van der Waals surface area contributed by atoms with Crippen molar-refractivity contribution in [2.75, 3.05) is 29.0 Å². The summed E-state index contributed by atoms with van der Waals surface area (Å²) in [5.41, 5.74) is 5.36. The van der Waals surface area contributed by atoms with Gasteiger partial charge in [0.25, 0.3) is 0 Å². The molecule has 1 aromatic heterocycles. The van der Waals surface area contributed by atoms with Gasteiger partial charge < -0.3 is 20.3 Å². The van der Waals surface area contributed by atoms with Gasteiger partial charge in [-0.3, -0.25) is 5.32 Å². The standard InChI is InChI=1S/C34H40N6O3/c1-24-10-16-29(17-11-24)40-31(22-30(38-40)34(2,3)4)37-32(41)36-27-14-12-26(13-15-27)35-28-18-20-39(21-19-28)33(42)43-23-25-8-6-5-7-9-25/h5-17,22,28,35H,18-21,23H2,1-4H3,(H2,36,37,41). The van der Waals surface area contributed by atoms with Crippen LogP contribution in [-0.2, 0) is 16.8 Å². The first-order valence-electron chi connectivity index (χ1n) is 14.7. The van der Waals surface area contributed by atoms with Crippen LogP contribution < -0.4 is 16.0 Å². The minimum absolute atomic E-state index is 0.173. The minimum Gasteiger partial charge on any atom is -0.445 e. The largest absolute Gasteiger partial charge is 0.445 e. The number of aryl methyl sites for hydroxylation is 1. The Morgan fingerprint density at radius 1 is 0.884 bits per heavy atom. The SMILES string of the molecule is Cc1ccc(-n2nc(C(C)(C)C)cc2NC(=O)Nc2ccc(NC3CCN(C(=O)OCc4ccccc4)CC3)cc2)cc1. The van der Waals surface area contributed by atoms with Gasteiger partial charge in [-0.15, -0.1) is 0 Å². The second-order valence-electron chi connectivity index (χ2n) is 12.0. The van der Waals surface area contributed by atoms with Gasteiger partial charge in [0.05, 0.1) is 11.4 Å². The first kappa shape index (κ1) is 29.7. The van der Waals surface area contributed by atoms with Crippen LogP contribution in [0.5, 0.6) is 0 Å². The van der Waals surface area contributed by atoms with Gasteiger partial charge >= 0.3 is 12.1 Å². The van der Waals surface area contributed by atoms with E-state index in [0.29, 0.717) is 24.6 Å². The van der Waals surface area contributed by atoms with Gasteiger partial charge in [-0.05, 0) is 61.7 Å². The number of nitrogens with zero attached hydrogens (tertiary/aromatic N) is 3. The Bertz CT molecular complexity index is 1520. The maximum atomic E-state index is 13.0. The highest BCUT2D eigenvalue weighted by atomic mass is 16.6. The molecule has 0 unspecified atom stereocenters. The van der Waals surface area contributed by atoms with Crippen molar-refractivity contribution in [1.29, 1.82) is 0 Å². The van der Waals surface area contributed by atoms with E-state index in [1.54, 1.807) is 9.58 Å². The van der Waals surface area contributed by atoms with Crippen molar-refractivity contribution in [1.82, 2.24) is 14.7 Å². The molecule has 3 amide bonds. The third-order valence-corrected chi connectivity index (χ3v) is 7.47. The van der Waals surface area contributed by atoms with Crippen LogP contribution in [0.3, 0.4) is 0 Å². The highest BCUT2D eigenvalue weighted by Crippen LogP contribution is 2.27. The molecule has 1 aliphatic rings. The zero-order valence-corrected chi connectivity index (χ0v) is 25.3. The second-order valence-corrected chi connectivity index (χ2v) is 12.0. The number of hydrogen-bond acceptors (Lipinski definition) is 5. The van der Waals surface area contributed by atoms with E-state index < -0.39 is 0 Å². The Morgan fingerprint density at radius 3 is 2.19 bits per heavy atom. The smallest absolute Gasteiger partial charge is 0.410 e. The highest BCUT2D eigenvalue weighted by molar-refractivity contribution is 5.99. The predicted octanol–water partition coefficient (Wildman–Crippen LogP) is 7.34. The summed E-state index contributed by atoms with van der Waals surface area (Å²) in [6.07, 6.45) is 1.38. The van der Waals surface area contributed by atoms with Crippen molar-refractivity contribution in [3.8, 4) is 5.69 Å². The number of ether oxygens (including phenoxy) is 1. The van der Waals surface area contributed by atoms with E-state index in [4.69, 9.17) is 9.84 Å². The quantitative estimate of drug-likeness (QED) is 0.212. The maximum Gasteiger partial charge on any atom is 0.410 e. The molecule has 224 valence electrons. The molecule has 43 heavy (non-hydrogen) atoms. The first-order chi connectivity index (χ1) is 20.6. The number of piperidine rings is 1. The molecular formula is C34H40N6O3. The van der Waals surface area contributed by atoms with Crippen molar-refractivity contribution < 1.29 is 14.3 Å². The Balaban J connectivity index is 1.12. The fourth-order valence-corrected chi connectivity index (χ4v) is 4.90. The molecule has 1 fully saturated rings. The molecular weight excluding hydrogens is 540 g/mol. The molecule has 0 radical (unpaired) electrons. The van der Waals surface area contributed by atoms with Crippen LogP contribution in [-0.4, -0.2) is 45.9 Å². The zero-order chi connectivity index (χ0) is 30.4. The van der Waals surface area contributed by atoms with E-state index in [2.05, 4.69) is 36.7 Å². The van der Waals surface area contributed by atoms with E-state index in [0.717, 1.165) is 41.0 Å². The number of carbonyl (C=O) groups is 2. The summed E-state index contributed by atoms with van der Waals surface area (Å²) in [4.78, 5) is 27.2. The van der Waals surface area contributed by atoms with Crippen LogP contribution >= 0.6 is 0 Å². The molecule has 0 aliphatic carbocycles. The number of carbonyl (C=O) groups excluding carboxylic acids is 2. The van der Waals surface area contributed by atoms with Gasteiger partial charge in [-0.2, -0.15) is 5.10 Å². The van der Waals surface area contributed by atoms with Gasteiger partial charge in [0.2, 0.25) is 0 Å². The molecule has 4 aromatic rings. The highest BCUT2D eigenvalue weighted by Gasteiger charge is 2.24. The Labute approximate surface area is 253 Å². The monoisotopic (exact) mass is 580 g/mol. The summed E-state index contributed by atoms with van der Waals surface area (Å²) < 4.78 is 7.24. The van der Waals surface area contributed by atoms with E-state index >= 15 is 0 Å². The molecule has 9 nitrogen and oxygen atoms in total. The van der Waals surface area contributed by atoms with Crippen molar-refractivity contribution in [3.63, 3.8) is 0 Å². The molecule has 0 saturated carbocycles. The average molecular weight is 581 g/mol. The van der Waals surface area contributed by atoms with Gasteiger partial charge in [0, 0.05) is 42.0 Å². The molecule has 3 aromatic carbocycles. The normalized spacial score (nSPS) is 13.8. The number of nitrogens with one attached hydrogen (secondary N) is 3. The van der Waals surface area contributed by atoms with Crippen molar-refractivity contribution in [2.45, 2.75) is 58.6 Å². The van der Waals surface area contributed by atoms with Gasteiger partial charge in [-0.1, -0.05) is 68.8 Å². The summed E-state index contributed by atoms with van der Waals surface area (Å²) in [6.45, 7) is 9.89. The molecule has 0 bridgehead atoms. The van der Waals surface area contributed by atoms with E-state index in [1.807, 2.05) is 91.9 Å². The molecule has 0 spiro atoms. The van der Waals surface area contributed by atoms with Gasteiger partial charge in [0.15, 0.2) is 0 Å². The number of benzene rings is 3. The molecule has 0 atom stereocenters. The summed E-state index contributed by atoms with van der Waals surface area (Å²) in [7, 11) is 0. The Morgan fingerprint density at radius 2 is 1.53 bits per heavy atom. The van der Waals surface area contributed by atoms with Crippen LogP contribution in [0.2, 0.25) is 0 Å². The number of aromatic nitrogens is 2. The summed E-state index contributed by atoms with van der Waals surface area (Å²) >= 11 is 0. The number of urea groups is 1. The Kier molecular flexibility index (Phi) is 8.99. The molecule has 9 heteroatoms. The van der Waals surface area contributed by atoms with Gasteiger partial charge in [-0.25, -0.2) is 14.3 Å². The number of anilines is 3. The summed E-state index contributed by atoms with van der Waals surface area (Å²) in [6, 6.07) is 27.2. The number of hydrogen-bond donors (Lipinski definition) is 3. The number of rotatable bonds is 7. The average Bonchev–Trinajstić information content (AvgIpc) is 3.42. The lowest BCUT2D eigenvalue weighted by molar-refractivity contribution is 0.0882. The lowest BCUT2D eigenvalue weighted by atomic mass is 9.92. The fraction of sp³-hybridized carbons (Fsp3) is 0.324. The Hall–Kier alpha value is -4.79. The number of amides is 3. The third-order valence-electron chi connectivity index (χ3n) is 7.47. The van der Waals surface area contributed by atoms with Gasteiger partial charge in [0.1, 0.15) is 12.4 Å². The van der Waals surface area contributed by atoms with Crippen LogP contribution in [0.4, 0.5) is 26.8 Å². The minimum atomic E-state index is -0.346. The molecule has 1 saturated heterocycles. The lowest BCUT2D eigenvalue weighted by Crippen LogP contribution is -2.42. The van der Waals surface area contributed by atoms with Crippen LogP contribution in [0, 0.1) is 6.92 Å². The molecule has 5 rings (SSSR count). The second kappa shape index (κ2) is 13.0. The lowest BCUT2D eigenvalue weighted by Gasteiger charge is -2.32. The fourth-order valence-electron chi connectivity index (χ4n) is 4.90. The first-order valence-corrected chi connectivity index (χ1v) is 14.7. The zero-order valence-electron chi connectivity index (χ0n) is 25.3. The van der Waals surface area contributed by atoms with E-state index in [9.17, 15) is 9.59 Å². The predicted molar refractivity (Wildman–Crippen MR) is 171 cm³/mol. The molecule has 1 aliphatic heterocycles. The van der Waals surface area contributed by atoms with Crippen LogP contribution in [0.1, 0.15) is 50.4 Å². The molecule has 3 N–H and O–H groups in total. The van der Waals surface area contributed by atoms with Crippen LogP contribution in [0.15, 0.2) is 84.9 Å². The van der Waals surface area contributed by atoms with E-state index in [-0.39, 0.29) is 30.2 Å². The van der Waals surface area contributed by atoms with Crippen molar-refractivity contribution in [2.24, 2.45) is 0 Å². The van der Waals surface area contributed by atoms with Crippen molar-refractivity contribution in [3.05, 3.63) is 102 Å². The topological polar surface area (TPSA) is 101 Å². The number of likely N-dealkylation sites (tertiary alicyclic amines) is 1. The molecule has 2 heterocycles. The van der Waals surface area contributed by atoms with E-state index in [1.165, 1.54) is 0 Å². The summed E-state index contributed by atoms with van der Waals surface area (Å²) in [5, 5.41) is 14.2. The van der Waals surface area contributed by atoms with Crippen molar-refractivity contribution >= 4 is 29.3 Å². The van der Waals surface area contributed by atoms with Crippen LogP contribution in [0.25, 0.3) is 5.69 Å². The summed E-state index contributed by atoms with van der Waals surface area (Å²) in [5.74, 6) is 0.597. The third kappa shape index (κ3) is 7.94. The maximum absolute atomic E-state index is 13.0.